The van der Waals surface area contributed by atoms with Crippen molar-refractivity contribution in [3.63, 3.8) is 0 Å². The van der Waals surface area contributed by atoms with E-state index in [2.05, 4.69) is 65.5 Å². The van der Waals surface area contributed by atoms with Crippen LogP contribution in [0.2, 0.25) is 0 Å². The second kappa shape index (κ2) is 18.6. The van der Waals surface area contributed by atoms with Crippen molar-refractivity contribution in [2.75, 3.05) is 52.5 Å². The zero-order valence-electron chi connectivity index (χ0n) is 34.3. The van der Waals surface area contributed by atoms with Gasteiger partial charge in [0.2, 0.25) is 0 Å². The van der Waals surface area contributed by atoms with E-state index < -0.39 is 6.09 Å². The van der Waals surface area contributed by atoms with E-state index in [1.54, 1.807) is 17.0 Å². The number of benzene rings is 3. The normalized spacial score (nSPS) is 16.9. The first-order chi connectivity index (χ1) is 27.8. The Balaban J connectivity index is 1.30. The van der Waals surface area contributed by atoms with E-state index in [1.807, 2.05) is 42.2 Å². The maximum absolute atomic E-state index is 15.5. The van der Waals surface area contributed by atoms with Crippen LogP contribution >= 0.6 is 0 Å². The summed E-state index contributed by atoms with van der Waals surface area (Å²) in [6.45, 7) is 15.7. The quantitative estimate of drug-likeness (QED) is 0.137. The molecule has 3 aliphatic heterocycles. The fourth-order valence-electron chi connectivity index (χ4n) is 8.71. The molecule has 4 aromatic rings. The van der Waals surface area contributed by atoms with Crippen LogP contribution in [0, 0.1) is 6.92 Å². The van der Waals surface area contributed by atoms with Crippen molar-refractivity contribution >= 4 is 17.9 Å². The Bertz CT molecular complexity index is 2030. The smallest absolute Gasteiger partial charge is 0.410 e. The minimum Gasteiger partial charge on any atom is -0.410 e. The van der Waals surface area contributed by atoms with Crippen molar-refractivity contribution in [1.82, 2.24) is 24.2 Å². The highest BCUT2D eigenvalue weighted by Gasteiger charge is 2.35. The average Bonchev–Trinajstić information content (AvgIpc) is 3.58. The predicted molar refractivity (Wildman–Crippen MR) is 224 cm³/mol. The summed E-state index contributed by atoms with van der Waals surface area (Å²) >= 11 is 0. The van der Waals surface area contributed by atoms with E-state index in [1.165, 1.54) is 11.1 Å². The van der Waals surface area contributed by atoms with Crippen LogP contribution in [0.4, 0.5) is 4.79 Å². The SMILES string of the molecule is CCCCN(CCCC)C(=O)c1cc(-c2cc3c(cc2C(=O)N2Cc4ccccc4C[C@H]2CN2CCOCC2)CN(C(=O)Oc2ccccc2)CC3)n(CC)c1C. The van der Waals surface area contributed by atoms with Crippen molar-refractivity contribution in [3.05, 3.63) is 112 Å². The Kier molecular flexibility index (Phi) is 13.1. The molecule has 0 spiro atoms. The molecule has 0 bridgehead atoms. The summed E-state index contributed by atoms with van der Waals surface area (Å²) in [4.78, 5) is 51.5. The minimum absolute atomic E-state index is 0.0331. The lowest BCUT2D eigenvalue weighted by Crippen LogP contribution is -2.52. The summed E-state index contributed by atoms with van der Waals surface area (Å²) in [5.74, 6) is 0.520. The van der Waals surface area contributed by atoms with Crippen LogP contribution < -0.4 is 4.74 Å². The van der Waals surface area contributed by atoms with Crippen LogP contribution in [0.15, 0.2) is 72.8 Å². The Morgan fingerprint density at radius 1 is 0.789 bits per heavy atom. The third kappa shape index (κ3) is 8.97. The summed E-state index contributed by atoms with van der Waals surface area (Å²) in [6, 6.07) is 23.8. The van der Waals surface area contributed by atoms with Gasteiger partial charge < -0.3 is 28.7 Å². The Morgan fingerprint density at radius 3 is 2.19 bits per heavy atom. The monoisotopic (exact) mass is 773 g/mol. The van der Waals surface area contributed by atoms with Crippen molar-refractivity contribution in [2.45, 2.75) is 91.9 Å². The van der Waals surface area contributed by atoms with Gasteiger partial charge in [0.05, 0.1) is 18.8 Å². The zero-order valence-corrected chi connectivity index (χ0v) is 34.3. The number of unbranched alkanes of at least 4 members (excludes halogenated alkanes) is 2. The molecule has 57 heavy (non-hydrogen) atoms. The molecule has 0 saturated carbocycles. The van der Waals surface area contributed by atoms with Crippen LogP contribution in [0.3, 0.4) is 0 Å². The van der Waals surface area contributed by atoms with Crippen LogP contribution in [0.25, 0.3) is 11.3 Å². The van der Waals surface area contributed by atoms with E-state index in [0.29, 0.717) is 62.7 Å². The summed E-state index contributed by atoms with van der Waals surface area (Å²) in [5.41, 5.74) is 8.41. The van der Waals surface area contributed by atoms with E-state index in [0.717, 1.165) is 92.9 Å². The number of para-hydroxylation sites is 1. The van der Waals surface area contributed by atoms with Gasteiger partial charge in [-0.15, -0.1) is 0 Å². The summed E-state index contributed by atoms with van der Waals surface area (Å²) < 4.78 is 13.6. The number of hydrogen-bond acceptors (Lipinski definition) is 6. The van der Waals surface area contributed by atoms with Gasteiger partial charge in [0.15, 0.2) is 0 Å². The van der Waals surface area contributed by atoms with Crippen LogP contribution in [0.5, 0.6) is 5.75 Å². The molecule has 0 unspecified atom stereocenters. The molecule has 7 rings (SSSR count). The Morgan fingerprint density at radius 2 is 1.49 bits per heavy atom. The second-order valence-electron chi connectivity index (χ2n) is 15.8. The lowest BCUT2D eigenvalue weighted by Gasteiger charge is -2.41. The molecule has 0 aliphatic carbocycles. The molecule has 1 fully saturated rings. The lowest BCUT2D eigenvalue weighted by molar-refractivity contribution is 0.0193. The number of amides is 3. The number of aromatic nitrogens is 1. The summed E-state index contributed by atoms with van der Waals surface area (Å²) in [7, 11) is 0. The van der Waals surface area contributed by atoms with Gasteiger partial charge >= 0.3 is 6.09 Å². The highest BCUT2D eigenvalue weighted by atomic mass is 16.6. The molecule has 1 aromatic heterocycles. The summed E-state index contributed by atoms with van der Waals surface area (Å²) in [6.07, 6.45) is 4.94. The molecular weight excluding hydrogens is 715 g/mol. The second-order valence-corrected chi connectivity index (χ2v) is 15.8. The number of carbonyl (C=O) groups is 3. The molecule has 4 heterocycles. The van der Waals surface area contributed by atoms with Crippen molar-refractivity contribution < 1.29 is 23.9 Å². The molecule has 3 amide bonds. The molecule has 10 heteroatoms. The Hall–Kier alpha value is -4.93. The molecule has 10 nitrogen and oxygen atoms in total. The summed E-state index contributed by atoms with van der Waals surface area (Å²) in [5, 5.41) is 0. The average molecular weight is 774 g/mol. The van der Waals surface area contributed by atoms with Crippen molar-refractivity contribution in [2.24, 2.45) is 0 Å². The molecule has 0 N–H and O–H groups in total. The fraction of sp³-hybridized carbons (Fsp3) is 0.468. The zero-order chi connectivity index (χ0) is 39.9. The van der Waals surface area contributed by atoms with Gasteiger partial charge in [-0.3, -0.25) is 14.5 Å². The number of ether oxygens (including phenoxy) is 2. The molecule has 1 saturated heterocycles. The number of nitrogens with zero attached hydrogens (tertiary/aromatic N) is 5. The minimum atomic E-state index is -0.406. The van der Waals surface area contributed by atoms with Gasteiger partial charge in [0.1, 0.15) is 5.75 Å². The maximum atomic E-state index is 15.5. The van der Waals surface area contributed by atoms with E-state index in [9.17, 15) is 9.59 Å². The molecule has 0 radical (unpaired) electrons. The lowest BCUT2D eigenvalue weighted by atomic mass is 9.89. The highest BCUT2D eigenvalue weighted by molar-refractivity contribution is 6.03. The third-order valence-electron chi connectivity index (χ3n) is 12.0. The van der Waals surface area contributed by atoms with Gasteiger partial charge in [0, 0.05) is 87.5 Å². The van der Waals surface area contributed by atoms with Gasteiger partial charge in [-0.25, -0.2) is 4.79 Å². The number of morpholine rings is 1. The third-order valence-corrected chi connectivity index (χ3v) is 12.0. The van der Waals surface area contributed by atoms with E-state index in [4.69, 9.17) is 9.47 Å². The number of carbonyl (C=O) groups excluding carboxylic acids is 3. The van der Waals surface area contributed by atoms with E-state index >= 15 is 4.79 Å². The molecule has 3 aromatic carbocycles. The van der Waals surface area contributed by atoms with Gasteiger partial charge in [-0.1, -0.05) is 69.2 Å². The Labute approximate surface area is 338 Å². The van der Waals surface area contributed by atoms with E-state index in [-0.39, 0.29) is 17.9 Å². The standard InChI is InChI=1S/C47H59N5O5/c1-5-8-20-49(21-9-6-2)45(53)41-30-44(51(7-3)34(41)4)42-28-36-19-22-50(47(55)57-40-17-11-10-12-18-40)31-38(36)29-43(42)46(54)52-32-37-16-14-13-15-35(37)27-39(52)33-48-23-25-56-26-24-48/h10-18,28-30,39H,5-9,19-27,31-33H2,1-4H3/t39-/m0/s1. The van der Waals surface area contributed by atoms with Crippen molar-refractivity contribution in [1.29, 1.82) is 0 Å². The van der Waals surface area contributed by atoms with Gasteiger partial charge in [0.25, 0.3) is 11.8 Å². The van der Waals surface area contributed by atoms with Crippen molar-refractivity contribution in [3.8, 4) is 17.0 Å². The fourth-order valence-corrected chi connectivity index (χ4v) is 8.71. The maximum Gasteiger partial charge on any atom is 0.415 e. The molecule has 1 atom stereocenters. The number of hydrogen-bond donors (Lipinski definition) is 0. The number of rotatable bonds is 13. The first kappa shape index (κ1) is 40.3. The van der Waals surface area contributed by atoms with Crippen LogP contribution in [0.1, 0.15) is 95.1 Å². The first-order valence-electron chi connectivity index (χ1n) is 21.1. The molecule has 302 valence electrons. The van der Waals surface area contributed by atoms with Gasteiger partial charge in [-0.05, 0) is 92.1 Å². The van der Waals surface area contributed by atoms with Crippen LogP contribution in [-0.2, 0) is 37.2 Å². The van der Waals surface area contributed by atoms with Gasteiger partial charge in [-0.2, -0.15) is 0 Å². The first-order valence-corrected chi connectivity index (χ1v) is 21.1. The molecular formula is C47H59N5O5. The molecule has 3 aliphatic rings. The number of fused-ring (bicyclic) bond motifs is 2. The predicted octanol–water partition coefficient (Wildman–Crippen LogP) is 7.98. The largest absolute Gasteiger partial charge is 0.415 e. The van der Waals surface area contributed by atoms with Crippen LogP contribution in [-0.4, -0.2) is 101 Å². The topological polar surface area (TPSA) is 87.6 Å². The highest BCUT2D eigenvalue weighted by Crippen LogP contribution is 2.36.